The van der Waals surface area contributed by atoms with Crippen molar-refractivity contribution in [3.63, 3.8) is 0 Å². The van der Waals surface area contributed by atoms with Gasteiger partial charge in [-0.25, -0.2) is 4.98 Å². The van der Waals surface area contributed by atoms with Crippen molar-refractivity contribution in [2.45, 2.75) is 84.3 Å². The van der Waals surface area contributed by atoms with Gasteiger partial charge in [-0.15, -0.1) is 0 Å². The van der Waals surface area contributed by atoms with Crippen molar-refractivity contribution in [2.24, 2.45) is 0 Å². The lowest BCUT2D eigenvalue weighted by atomic mass is 10.1. The zero-order valence-electron chi connectivity index (χ0n) is 12.5. The summed E-state index contributed by atoms with van der Waals surface area (Å²) >= 11 is 0. The van der Waals surface area contributed by atoms with Crippen molar-refractivity contribution in [1.29, 1.82) is 0 Å². The molecular weight excluding hydrogens is 236 g/mol. The first-order valence-electron chi connectivity index (χ1n) is 7.98. The highest BCUT2D eigenvalue weighted by molar-refractivity contribution is 4.93. The molecule has 3 heteroatoms. The van der Waals surface area contributed by atoms with Crippen LogP contribution in [0.3, 0.4) is 0 Å². The number of aromatic nitrogens is 2. The molecule has 1 heterocycles. The summed E-state index contributed by atoms with van der Waals surface area (Å²) in [7, 11) is 0. The van der Waals surface area contributed by atoms with Crippen LogP contribution in [0.5, 0.6) is 0 Å². The summed E-state index contributed by atoms with van der Waals surface area (Å²) in [5.41, 5.74) is 0.770. The van der Waals surface area contributed by atoms with E-state index in [0.29, 0.717) is 0 Å². The molecule has 0 aromatic carbocycles. The summed E-state index contributed by atoms with van der Waals surface area (Å²) in [6.07, 6.45) is 17.4. The van der Waals surface area contributed by atoms with Crippen LogP contribution in [0, 0.1) is 0 Å². The molecule has 0 radical (unpaired) electrons. The van der Waals surface area contributed by atoms with Gasteiger partial charge in [-0.1, -0.05) is 64.7 Å². The minimum Gasteiger partial charge on any atom is -0.390 e. The molecule has 0 aliphatic rings. The Morgan fingerprint density at radius 3 is 2.05 bits per heavy atom. The molecule has 1 aromatic rings. The van der Waals surface area contributed by atoms with Crippen molar-refractivity contribution in [3.05, 3.63) is 18.2 Å². The molecule has 0 aliphatic carbocycles. The number of hydrogen-bond donors (Lipinski definition) is 1. The molecule has 110 valence electrons. The molecule has 1 N–H and O–H groups in total. The Labute approximate surface area is 118 Å². The summed E-state index contributed by atoms with van der Waals surface area (Å²) in [4.78, 5) is 4.11. The first-order chi connectivity index (χ1) is 9.36. The van der Waals surface area contributed by atoms with Crippen LogP contribution in [0.4, 0.5) is 0 Å². The molecule has 0 bridgehead atoms. The Morgan fingerprint density at radius 1 is 0.947 bits per heavy atom. The summed E-state index contributed by atoms with van der Waals surface area (Å²) in [5, 5.41) is 8.92. The minimum absolute atomic E-state index is 0.0467. The van der Waals surface area contributed by atoms with Gasteiger partial charge in [-0.2, -0.15) is 0 Å². The van der Waals surface area contributed by atoms with E-state index in [9.17, 15) is 0 Å². The van der Waals surface area contributed by atoms with Crippen LogP contribution in [0.2, 0.25) is 0 Å². The van der Waals surface area contributed by atoms with Gasteiger partial charge in [0, 0.05) is 12.7 Å². The van der Waals surface area contributed by atoms with Crippen molar-refractivity contribution in [3.8, 4) is 0 Å². The van der Waals surface area contributed by atoms with Crippen LogP contribution in [0.1, 0.15) is 76.8 Å². The normalized spacial score (nSPS) is 11.1. The molecule has 1 aromatic heterocycles. The molecule has 0 aliphatic heterocycles. The Kier molecular flexibility index (Phi) is 9.42. The average molecular weight is 266 g/mol. The SMILES string of the molecule is CCCCCCCCCCCCn1cnc(CO)c1. The van der Waals surface area contributed by atoms with Crippen molar-refractivity contribution < 1.29 is 5.11 Å². The quantitative estimate of drug-likeness (QED) is 0.573. The minimum atomic E-state index is 0.0467. The maximum Gasteiger partial charge on any atom is 0.0950 e. The van der Waals surface area contributed by atoms with Gasteiger partial charge < -0.3 is 9.67 Å². The summed E-state index contributed by atoms with van der Waals surface area (Å²) in [5.74, 6) is 0. The third-order valence-electron chi connectivity index (χ3n) is 3.62. The van der Waals surface area contributed by atoms with Crippen LogP contribution in [0.15, 0.2) is 12.5 Å². The number of rotatable bonds is 12. The zero-order chi connectivity index (χ0) is 13.8. The largest absolute Gasteiger partial charge is 0.390 e. The van der Waals surface area contributed by atoms with Gasteiger partial charge in [0.05, 0.1) is 18.6 Å². The Bertz CT molecular complexity index is 309. The van der Waals surface area contributed by atoms with Gasteiger partial charge >= 0.3 is 0 Å². The molecular formula is C16H30N2O. The molecule has 0 unspecified atom stereocenters. The average Bonchev–Trinajstić information content (AvgIpc) is 2.89. The highest BCUT2D eigenvalue weighted by atomic mass is 16.3. The molecule has 0 saturated carbocycles. The van der Waals surface area contributed by atoms with Gasteiger partial charge in [-0.3, -0.25) is 0 Å². The van der Waals surface area contributed by atoms with Gasteiger partial charge in [0.2, 0.25) is 0 Å². The zero-order valence-corrected chi connectivity index (χ0v) is 12.5. The molecule has 1 rings (SSSR count). The lowest BCUT2D eigenvalue weighted by molar-refractivity contribution is 0.277. The number of aryl methyl sites for hydroxylation is 1. The predicted molar refractivity (Wildman–Crippen MR) is 80.0 cm³/mol. The van der Waals surface area contributed by atoms with E-state index >= 15 is 0 Å². The molecule has 3 nitrogen and oxygen atoms in total. The number of aliphatic hydroxyl groups is 1. The first kappa shape index (κ1) is 16.2. The molecule has 0 amide bonds. The third-order valence-corrected chi connectivity index (χ3v) is 3.62. The van der Waals surface area contributed by atoms with Crippen molar-refractivity contribution in [2.75, 3.05) is 0 Å². The van der Waals surface area contributed by atoms with E-state index < -0.39 is 0 Å². The fourth-order valence-corrected chi connectivity index (χ4v) is 2.39. The number of aliphatic hydroxyl groups excluding tert-OH is 1. The number of unbranched alkanes of at least 4 members (excludes halogenated alkanes) is 9. The van der Waals surface area contributed by atoms with Gasteiger partial charge in [0.25, 0.3) is 0 Å². The second kappa shape index (κ2) is 11.0. The standard InChI is InChI=1S/C16H30N2O/c1-2-3-4-5-6-7-8-9-10-11-12-18-13-16(14-19)17-15-18/h13,15,19H,2-12,14H2,1H3. The lowest BCUT2D eigenvalue weighted by Crippen LogP contribution is -1.94. The summed E-state index contributed by atoms with van der Waals surface area (Å²) in [6.45, 7) is 3.35. The van der Waals surface area contributed by atoms with Crippen molar-refractivity contribution in [1.82, 2.24) is 9.55 Å². The fourth-order valence-electron chi connectivity index (χ4n) is 2.39. The number of nitrogens with zero attached hydrogens (tertiary/aromatic N) is 2. The molecule has 0 fully saturated rings. The van der Waals surface area contributed by atoms with E-state index in [1.54, 1.807) is 0 Å². The van der Waals surface area contributed by atoms with E-state index in [1.807, 2.05) is 12.5 Å². The Hall–Kier alpha value is -0.830. The number of imidazole rings is 1. The van der Waals surface area contributed by atoms with Gasteiger partial charge in [0.15, 0.2) is 0 Å². The van der Waals surface area contributed by atoms with Crippen LogP contribution < -0.4 is 0 Å². The van der Waals surface area contributed by atoms with E-state index in [4.69, 9.17) is 5.11 Å². The van der Waals surface area contributed by atoms with Crippen molar-refractivity contribution >= 4 is 0 Å². The van der Waals surface area contributed by atoms with Crippen LogP contribution >= 0.6 is 0 Å². The van der Waals surface area contributed by atoms with Gasteiger partial charge in [0.1, 0.15) is 0 Å². The van der Waals surface area contributed by atoms with E-state index in [0.717, 1.165) is 12.2 Å². The lowest BCUT2D eigenvalue weighted by Gasteiger charge is -2.03. The molecule has 19 heavy (non-hydrogen) atoms. The Balaban J connectivity index is 1.86. The molecule has 0 spiro atoms. The highest BCUT2D eigenvalue weighted by Gasteiger charge is 1.97. The topological polar surface area (TPSA) is 38.0 Å². The smallest absolute Gasteiger partial charge is 0.0950 e. The van der Waals surface area contributed by atoms with Crippen LogP contribution in [0.25, 0.3) is 0 Å². The van der Waals surface area contributed by atoms with Crippen LogP contribution in [-0.2, 0) is 13.2 Å². The van der Waals surface area contributed by atoms with E-state index in [1.165, 1.54) is 64.2 Å². The Morgan fingerprint density at radius 2 is 1.53 bits per heavy atom. The third kappa shape index (κ3) is 8.04. The monoisotopic (exact) mass is 266 g/mol. The van der Waals surface area contributed by atoms with E-state index in [-0.39, 0.29) is 6.61 Å². The number of hydrogen-bond acceptors (Lipinski definition) is 2. The first-order valence-corrected chi connectivity index (χ1v) is 7.98. The van der Waals surface area contributed by atoms with Gasteiger partial charge in [-0.05, 0) is 6.42 Å². The summed E-state index contributed by atoms with van der Waals surface area (Å²) < 4.78 is 2.08. The summed E-state index contributed by atoms with van der Waals surface area (Å²) in [6, 6.07) is 0. The highest BCUT2D eigenvalue weighted by Crippen LogP contribution is 2.11. The molecule has 0 saturated heterocycles. The second-order valence-electron chi connectivity index (χ2n) is 5.44. The maximum absolute atomic E-state index is 8.92. The fraction of sp³-hybridized carbons (Fsp3) is 0.812. The molecule has 0 atom stereocenters. The maximum atomic E-state index is 8.92. The second-order valence-corrected chi connectivity index (χ2v) is 5.44. The van der Waals surface area contributed by atoms with Crippen LogP contribution in [-0.4, -0.2) is 14.7 Å². The van der Waals surface area contributed by atoms with E-state index in [2.05, 4.69) is 16.5 Å². The predicted octanol–water partition coefficient (Wildman–Crippen LogP) is 4.30.